The standard InChI is InChI=1S/C23H25N3O5/c1-13-9-19-21(23(27)26(13)12-15-5-4-8-30-15)20(17(11-24)22(25)31-19)16-7-6-14(28-2)10-18(16)29-3/h6-7,9-10,15,20H,4-5,8,12,25H2,1-3H3/t15-,20-/m0/s1. The summed E-state index contributed by atoms with van der Waals surface area (Å²) in [5, 5.41) is 9.87. The number of hydrogen-bond donors (Lipinski definition) is 1. The Hall–Kier alpha value is -3.44. The number of pyridine rings is 1. The van der Waals surface area contributed by atoms with Crippen molar-refractivity contribution in [3.63, 3.8) is 0 Å². The van der Waals surface area contributed by atoms with Crippen LogP contribution in [0.25, 0.3) is 0 Å². The maximum atomic E-state index is 13.7. The van der Waals surface area contributed by atoms with Crippen molar-refractivity contribution in [2.75, 3.05) is 20.8 Å². The molecule has 2 aromatic rings. The fourth-order valence-corrected chi connectivity index (χ4v) is 4.27. The molecule has 0 unspecified atom stereocenters. The van der Waals surface area contributed by atoms with Crippen molar-refractivity contribution in [2.45, 2.75) is 38.3 Å². The van der Waals surface area contributed by atoms with Gasteiger partial charge in [-0.1, -0.05) is 6.07 Å². The average Bonchev–Trinajstić information content (AvgIpc) is 3.28. The summed E-state index contributed by atoms with van der Waals surface area (Å²) < 4.78 is 24.0. The van der Waals surface area contributed by atoms with Gasteiger partial charge in [0.1, 0.15) is 28.9 Å². The summed E-state index contributed by atoms with van der Waals surface area (Å²) >= 11 is 0. The molecule has 2 aliphatic heterocycles. The van der Waals surface area contributed by atoms with Crippen LogP contribution in [0.5, 0.6) is 17.2 Å². The van der Waals surface area contributed by atoms with Crippen molar-refractivity contribution in [3.05, 3.63) is 62.9 Å². The largest absolute Gasteiger partial charge is 0.497 e. The van der Waals surface area contributed by atoms with Crippen molar-refractivity contribution in [2.24, 2.45) is 5.73 Å². The number of aromatic nitrogens is 1. The molecule has 162 valence electrons. The van der Waals surface area contributed by atoms with Gasteiger partial charge in [-0.05, 0) is 25.8 Å². The first-order chi connectivity index (χ1) is 15.0. The highest BCUT2D eigenvalue weighted by Crippen LogP contribution is 2.44. The molecule has 31 heavy (non-hydrogen) atoms. The van der Waals surface area contributed by atoms with Crippen molar-refractivity contribution >= 4 is 0 Å². The number of nitriles is 1. The molecule has 0 amide bonds. The quantitative estimate of drug-likeness (QED) is 0.787. The molecular weight excluding hydrogens is 398 g/mol. The monoisotopic (exact) mass is 423 g/mol. The van der Waals surface area contributed by atoms with Crippen molar-refractivity contribution < 1.29 is 18.9 Å². The lowest BCUT2D eigenvalue weighted by Crippen LogP contribution is -2.35. The molecule has 0 aliphatic carbocycles. The molecule has 2 N–H and O–H groups in total. The number of aryl methyl sites for hydroxylation is 1. The summed E-state index contributed by atoms with van der Waals surface area (Å²) in [6, 6.07) is 9.18. The third-order valence-corrected chi connectivity index (χ3v) is 5.85. The molecule has 0 radical (unpaired) electrons. The van der Waals surface area contributed by atoms with E-state index < -0.39 is 5.92 Å². The molecule has 8 nitrogen and oxygen atoms in total. The Balaban J connectivity index is 1.92. The van der Waals surface area contributed by atoms with Crippen LogP contribution in [-0.4, -0.2) is 31.5 Å². The summed E-state index contributed by atoms with van der Waals surface area (Å²) in [6.07, 6.45) is 1.88. The van der Waals surface area contributed by atoms with Crippen LogP contribution >= 0.6 is 0 Å². The van der Waals surface area contributed by atoms with Crippen molar-refractivity contribution in [1.82, 2.24) is 4.57 Å². The highest BCUT2D eigenvalue weighted by Gasteiger charge is 2.36. The zero-order valence-corrected chi connectivity index (χ0v) is 17.8. The number of fused-ring (bicyclic) bond motifs is 1. The van der Waals surface area contributed by atoms with Gasteiger partial charge < -0.3 is 29.2 Å². The van der Waals surface area contributed by atoms with Crippen LogP contribution in [0.4, 0.5) is 0 Å². The fourth-order valence-electron chi connectivity index (χ4n) is 4.27. The topological polar surface area (TPSA) is 109 Å². The van der Waals surface area contributed by atoms with E-state index >= 15 is 0 Å². The van der Waals surface area contributed by atoms with E-state index in [1.54, 1.807) is 35.9 Å². The van der Waals surface area contributed by atoms with Crippen LogP contribution in [0.2, 0.25) is 0 Å². The molecule has 4 rings (SSSR count). The molecular formula is C23H25N3O5. The highest BCUT2D eigenvalue weighted by molar-refractivity contribution is 5.59. The van der Waals surface area contributed by atoms with Gasteiger partial charge in [0.25, 0.3) is 5.56 Å². The molecule has 0 spiro atoms. The summed E-state index contributed by atoms with van der Waals surface area (Å²) in [6.45, 7) is 3.00. The number of ether oxygens (including phenoxy) is 4. The molecule has 1 aromatic heterocycles. The number of nitrogens with zero attached hydrogens (tertiary/aromatic N) is 2. The number of hydrogen-bond acceptors (Lipinski definition) is 7. The Kier molecular flexibility index (Phi) is 5.61. The third-order valence-electron chi connectivity index (χ3n) is 5.85. The molecule has 0 bridgehead atoms. The summed E-state index contributed by atoms with van der Waals surface area (Å²) in [5.41, 5.74) is 7.77. The summed E-state index contributed by atoms with van der Waals surface area (Å²) in [4.78, 5) is 13.7. The minimum Gasteiger partial charge on any atom is -0.497 e. The molecule has 1 aromatic carbocycles. The zero-order valence-electron chi connectivity index (χ0n) is 17.8. The maximum Gasteiger partial charge on any atom is 0.258 e. The SMILES string of the molecule is COc1ccc([C@H]2C(C#N)=C(N)Oc3cc(C)n(C[C@@H]4CCCO4)c(=O)c32)c(OC)c1. The zero-order chi connectivity index (χ0) is 22.1. The Labute approximate surface area is 180 Å². The lowest BCUT2D eigenvalue weighted by molar-refractivity contribution is 0.0954. The van der Waals surface area contributed by atoms with E-state index in [1.807, 2.05) is 6.92 Å². The second-order valence-electron chi connectivity index (χ2n) is 7.65. The molecule has 2 atom stereocenters. The third kappa shape index (κ3) is 3.62. The van der Waals surface area contributed by atoms with E-state index in [0.717, 1.165) is 18.5 Å². The molecule has 8 heteroatoms. The molecule has 1 fully saturated rings. The Morgan fingerprint density at radius 1 is 1.29 bits per heavy atom. The average molecular weight is 423 g/mol. The van der Waals surface area contributed by atoms with Crippen LogP contribution in [0.1, 0.15) is 35.6 Å². The van der Waals surface area contributed by atoms with Crippen molar-refractivity contribution in [3.8, 4) is 23.3 Å². The minimum atomic E-state index is -0.724. The van der Waals surface area contributed by atoms with Crippen LogP contribution < -0.4 is 25.5 Å². The van der Waals surface area contributed by atoms with Gasteiger partial charge in [0.15, 0.2) is 0 Å². The van der Waals surface area contributed by atoms with Crippen molar-refractivity contribution in [1.29, 1.82) is 5.26 Å². The van der Waals surface area contributed by atoms with Crippen LogP contribution in [-0.2, 0) is 11.3 Å². The van der Waals surface area contributed by atoms with E-state index in [9.17, 15) is 10.1 Å². The number of rotatable bonds is 5. The van der Waals surface area contributed by atoms with E-state index in [0.29, 0.717) is 41.5 Å². The fraction of sp³-hybridized carbons (Fsp3) is 0.391. The first kappa shape index (κ1) is 20.8. The molecule has 1 saturated heterocycles. The summed E-state index contributed by atoms with van der Waals surface area (Å²) in [7, 11) is 3.09. The molecule has 0 saturated carbocycles. The van der Waals surface area contributed by atoms with E-state index in [2.05, 4.69) is 6.07 Å². The van der Waals surface area contributed by atoms with Crippen LogP contribution in [0.15, 0.2) is 40.5 Å². The lowest BCUT2D eigenvalue weighted by Gasteiger charge is -2.28. The van der Waals surface area contributed by atoms with Gasteiger partial charge in [0.2, 0.25) is 5.88 Å². The van der Waals surface area contributed by atoms with Gasteiger partial charge in [-0.2, -0.15) is 5.26 Å². The lowest BCUT2D eigenvalue weighted by atomic mass is 9.83. The van der Waals surface area contributed by atoms with Gasteiger partial charge in [-0.15, -0.1) is 0 Å². The van der Waals surface area contributed by atoms with Gasteiger partial charge in [0.05, 0.1) is 38.3 Å². The maximum absolute atomic E-state index is 13.7. The predicted molar refractivity (Wildman–Crippen MR) is 113 cm³/mol. The molecule has 2 aliphatic rings. The van der Waals surface area contributed by atoms with Gasteiger partial charge >= 0.3 is 0 Å². The van der Waals surface area contributed by atoms with Gasteiger partial charge in [-0.3, -0.25) is 4.79 Å². The number of benzene rings is 1. The Morgan fingerprint density at radius 2 is 2.10 bits per heavy atom. The number of allylic oxidation sites excluding steroid dienone is 1. The first-order valence-corrected chi connectivity index (χ1v) is 10.1. The van der Waals surface area contributed by atoms with Gasteiger partial charge in [-0.25, -0.2) is 0 Å². The normalized spacial score (nSPS) is 20.1. The smallest absolute Gasteiger partial charge is 0.258 e. The first-order valence-electron chi connectivity index (χ1n) is 10.1. The highest BCUT2D eigenvalue weighted by atomic mass is 16.5. The van der Waals surface area contributed by atoms with E-state index in [4.69, 9.17) is 24.7 Å². The second kappa shape index (κ2) is 8.36. The van der Waals surface area contributed by atoms with Gasteiger partial charge in [0, 0.05) is 30.0 Å². The Morgan fingerprint density at radius 3 is 2.74 bits per heavy atom. The minimum absolute atomic E-state index is 0.0102. The van der Waals surface area contributed by atoms with E-state index in [-0.39, 0.29) is 23.1 Å². The van der Waals surface area contributed by atoms with E-state index in [1.165, 1.54) is 7.11 Å². The second-order valence-corrected chi connectivity index (χ2v) is 7.65. The predicted octanol–water partition coefficient (Wildman–Crippen LogP) is 2.57. The Bertz CT molecular complexity index is 1140. The number of nitrogens with two attached hydrogens (primary N) is 1. The summed E-state index contributed by atoms with van der Waals surface area (Å²) in [5.74, 6) is 0.698. The van der Waals surface area contributed by atoms with Crippen LogP contribution in [0, 0.1) is 18.3 Å². The van der Waals surface area contributed by atoms with Crippen LogP contribution in [0.3, 0.4) is 0 Å². The molecule has 3 heterocycles. The number of methoxy groups -OCH3 is 2.